The Kier molecular flexibility index (Phi) is 4.53. The van der Waals surface area contributed by atoms with E-state index in [4.69, 9.17) is 0 Å². The van der Waals surface area contributed by atoms with Gasteiger partial charge in [0.25, 0.3) is 0 Å². The molecule has 0 aliphatic carbocycles. The van der Waals surface area contributed by atoms with Crippen LogP contribution >= 0.6 is 0 Å². The summed E-state index contributed by atoms with van der Waals surface area (Å²) in [4.78, 5) is 12.6. The van der Waals surface area contributed by atoms with Crippen molar-refractivity contribution in [3.05, 3.63) is 102 Å². The van der Waals surface area contributed by atoms with Gasteiger partial charge < -0.3 is 5.11 Å². The average Bonchev–Trinajstić information content (AvgIpc) is 2.62. The van der Waals surface area contributed by atoms with Gasteiger partial charge in [0.15, 0.2) is 5.78 Å². The van der Waals surface area contributed by atoms with Crippen molar-refractivity contribution in [2.75, 3.05) is 0 Å². The number of Topliss-reactive ketones (excluding diaryl/α,β-unsaturated/α-hetero) is 1. The third-order valence-electron chi connectivity index (χ3n) is 4.00. The van der Waals surface area contributed by atoms with Crippen molar-refractivity contribution in [2.45, 2.75) is 12.3 Å². The van der Waals surface area contributed by atoms with E-state index in [9.17, 15) is 9.90 Å². The summed E-state index contributed by atoms with van der Waals surface area (Å²) < 4.78 is 0. The lowest BCUT2D eigenvalue weighted by atomic mass is 9.85. The van der Waals surface area contributed by atoms with Crippen LogP contribution in [0.25, 0.3) is 0 Å². The van der Waals surface area contributed by atoms with E-state index in [-0.39, 0.29) is 17.5 Å². The van der Waals surface area contributed by atoms with Gasteiger partial charge >= 0.3 is 0 Å². The molecule has 23 heavy (non-hydrogen) atoms. The summed E-state index contributed by atoms with van der Waals surface area (Å²) in [5.74, 6) is 0.134. The molecule has 0 aliphatic rings. The molecule has 2 heteroatoms. The van der Waals surface area contributed by atoms with Gasteiger partial charge in [0, 0.05) is 23.5 Å². The van der Waals surface area contributed by atoms with E-state index < -0.39 is 0 Å². The highest BCUT2D eigenvalue weighted by Gasteiger charge is 2.21. The van der Waals surface area contributed by atoms with Gasteiger partial charge in [-0.15, -0.1) is 0 Å². The maximum absolute atomic E-state index is 12.6. The number of hydrogen-bond acceptors (Lipinski definition) is 2. The first kappa shape index (κ1) is 15.0. The number of rotatable bonds is 5. The monoisotopic (exact) mass is 302 g/mol. The van der Waals surface area contributed by atoms with Crippen LogP contribution in [-0.2, 0) is 0 Å². The van der Waals surface area contributed by atoms with Crippen LogP contribution in [0, 0.1) is 0 Å². The number of carbonyl (C=O) groups is 1. The zero-order valence-corrected chi connectivity index (χ0v) is 12.7. The molecule has 0 bridgehead atoms. The lowest BCUT2D eigenvalue weighted by Gasteiger charge is -2.18. The van der Waals surface area contributed by atoms with E-state index in [1.54, 1.807) is 12.1 Å². The molecule has 0 radical (unpaired) electrons. The molecule has 0 spiro atoms. The molecule has 0 heterocycles. The number of benzene rings is 3. The predicted molar refractivity (Wildman–Crippen MR) is 91.8 cm³/mol. The number of phenols is 1. The minimum atomic E-state index is -0.162. The number of aromatic hydroxyl groups is 1. The first-order chi connectivity index (χ1) is 11.3. The summed E-state index contributed by atoms with van der Waals surface area (Å²) in [7, 11) is 0. The predicted octanol–water partition coefficient (Wildman–Crippen LogP) is 4.80. The highest BCUT2D eigenvalue weighted by atomic mass is 16.3. The molecule has 0 amide bonds. The minimum absolute atomic E-state index is 0.0720. The zero-order chi connectivity index (χ0) is 16.1. The van der Waals surface area contributed by atoms with E-state index in [0.29, 0.717) is 12.0 Å². The topological polar surface area (TPSA) is 37.3 Å². The van der Waals surface area contributed by atoms with Crippen molar-refractivity contribution < 1.29 is 9.90 Å². The number of ketones is 1. The molecule has 3 aromatic rings. The van der Waals surface area contributed by atoms with Gasteiger partial charge in [-0.2, -0.15) is 0 Å². The Bertz CT molecular complexity index is 779. The van der Waals surface area contributed by atoms with E-state index in [1.807, 2.05) is 72.8 Å². The molecule has 1 N–H and O–H groups in total. The normalized spacial score (nSPS) is 11.8. The summed E-state index contributed by atoms with van der Waals surface area (Å²) >= 11 is 0. The Hall–Kier alpha value is -2.87. The van der Waals surface area contributed by atoms with Crippen molar-refractivity contribution in [3.8, 4) is 5.75 Å². The molecule has 1 unspecified atom stereocenters. The van der Waals surface area contributed by atoms with Crippen LogP contribution in [0.15, 0.2) is 84.9 Å². The van der Waals surface area contributed by atoms with E-state index in [2.05, 4.69) is 0 Å². The Morgan fingerprint density at radius 3 is 2.00 bits per heavy atom. The summed E-state index contributed by atoms with van der Waals surface area (Å²) in [5.41, 5.74) is 2.50. The number of hydrogen-bond donors (Lipinski definition) is 1. The smallest absolute Gasteiger partial charge is 0.163 e. The second-order valence-corrected chi connectivity index (χ2v) is 5.52. The lowest BCUT2D eigenvalue weighted by molar-refractivity contribution is 0.0977. The SMILES string of the molecule is O=C(CC(c1ccccc1)c1ccccc1O)c1ccccc1. The van der Waals surface area contributed by atoms with Crippen molar-refractivity contribution >= 4 is 5.78 Å². The highest BCUT2D eigenvalue weighted by Crippen LogP contribution is 2.34. The summed E-state index contributed by atoms with van der Waals surface area (Å²) in [6.45, 7) is 0. The Morgan fingerprint density at radius 1 is 0.783 bits per heavy atom. The molecule has 114 valence electrons. The third kappa shape index (κ3) is 3.49. The molecule has 1 atom stereocenters. The van der Waals surface area contributed by atoms with Gasteiger partial charge in [-0.25, -0.2) is 0 Å². The largest absolute Gasteiger partial charge is 0.508 e. The molecule has 0 aliphatic heterocycles. The number of para-hydroxylation sites is 1. The molecule has 0 saturated carbocycles. The Labute approximate surface area is 136 Å². The Morgan fingerprint density at radius 2 is 1.35 bits per heavy atom. The quantitative estimate of drug-likeness (QED) is 0.688. The van der Waals surface area contributed by atoms with Gasteiger partial charge in [0.1, 0.15) is 5.75 Å². The lowest BCUT2D eigenvalue weighted by Crippen LogP contribution is -2.09. The van der Waals surface area contributed by atoms with Crippen molar-refractivity contribution in [3.63, 3.8) is 0 Å². The van der Waals surface area contributed by atoms with Crippen LogP contribution in [0.3, 0.4) is 0 Å². The van der Waals surface area contributed by atoms with E-state index in [1.165, 1.54) is 0 Å². The van der Waals surface area contributed by atoms with Crippen LogP contribution in [0.5, 0.6) is 5.75 Å². The third-order valence-corrected chi connectivity index (χ3v) is 4.00. The summed E-state index contributed by atoms with van der Waals surface area (Å²) in [6, 6.07) is 26.4. The van der Waals surface area contributed by atoms with Crippen LogP contribution < -0.4 is 0 Å². The molecule has 0 saturated heterocycles. The Balaban J connectivity index is 1.97. The van der Waals surface area contributed by atoms with E-state index in [0.717, 1.165) is 11.1 Å². The van der Waals surface area contributed by atoms with Gasteiger partial charge in [-0.3, -0.25) is 4.79 Å². The van der Waals surface area contributed by atoms with Crippen LogP contribution in [0.2, 0.25) is 0 Å². The first-order valence-corrected chi connectivity index (χ1v) is 7.67. The summed E-state index contributed by atoms with van der Waals surface area (Å²) in [5, 5.41) is 10.2. The van der Waals surface area contributed by atoms with Crippen molar-refractivity contribution in [2.24, 2.45) is 0 Å². The zero-order valence-electron chi connectivity index (χ0n) is 12.7. The van der Waals surface area contributed by atoms with Gasteiger partial charge in [0.2, 0.25) is 0 Å². The van der Waals surface area contributed by atoms with E-state index >= 15 is 0 Å². The fraction of sp³-hybridized carbons (Fsp3) is 0.0952. The second-order valence-electron chi connectivity index (χ2n) is 5.52. The number of carbonyl (C=O) groups excluding carboxylic acids is 1. The second kappa shape index (κ2) is 6.93. The van der Waals surface area contributed by atoms with Crippen LogP contribution in [0.4, 0.5) is 0 Å². The highest BCUT2D eigenvalue weighted by molar-refractivity contribution is 5.96. The van der Waals surface area contributed by atoms with Gasteiger partial charge in [0.05, 0.1) is 0 Å². The van der Waals surface area contributed by atoms with Crippen molar-refractivity contribution in [1.29, 1.82) is 0 Å². The van der Waals surface area contributed by atoms with Crippen LogP contribution in [0.1, 0.15) is 33.8 Å². The maximum atomic E-state index is 12.6. The van der Waals surface area contributed by atoms with Crippen molar-refractivity contribution in [1.82, 2.24) is 0 Å². The molecule has 0 fully saturated rings. The fourth-order valence-corrected chi connectivity index (χ4v) is 2.80. The molecular weight excluding hydrogens is 284 g/mol. The molecular formula is C21H18O2. The maximum Gasteiger partial charge on any atom is 0.163 e. The number of phenolic OH excluding ortho intramolecular Hbond substituents is 1. The van der Waals surface area contributed by atoms with Crippen LogP contribution in [-0.4, -0.2) is 10.9 Å². The molecule has 3 aromatic carbocycles. The minimum Gasteiger partial charge on any atom is -0.508 e. The van der Waals surface area contributed by atoms with Gasteiger partial charge in [-0.1, -0.05) is 78.9 Å². The molecule has 0 aromatic heterocycles. The van der Waals surface area contributed by atoms with Gasteiger partial charge in [-0.05, 0) is 11.6 Å². The molecule has 2 nitrogen and oxygen atoms in total. The average molecular weight is 302 g/mol. The standard InChI is InChI=1S/C21H18O2/c22-20-14-8-7-13-18(20)19(16-9-3-1-4-10-16)15-21(23)17-11-5-2-6-12-17/h1-14,19,22H,15H2. The molecule has 3 rings (SSSR count). The fourth-order valence-electron chi connectivity index (χ4n) is 2.80. The summed E-state index contributed by atoms with van der Waals surface area (Å²) in [6.07, 6.45) is 0.325. The first-order valence-electron chi connectivity index (χ1n) is 7.67.